The number of amides is 1. The molecule has 0 saturated heterocycles. The average Bonchev–Trinajstić information content (AvgIpc) is 2.33. The zero-order valence-corrected chi connectivity index (χ0v) is 11.2. The highest BCUT2D eigenvalue weighted by Gasteiger charge is 2.18. The van der Waals surface area contributed by atoms with Crippen molar-refractivity contribution >= 4 is 11.9 Å². The monoisotopic (exact) mass is 259 g/mol. The zero-order chi connectivity index (χ0) is 13.8. The molecule has 0 radical (unpaired) electrons. The molecule has 106 valence electrons. The SMILES string of the molecule is CCCCCCCCC(=O)NC(CCO)C(=O)O. The Labute approximate surface area is 109 Å². The first kappa shape index (κ1) is 16.9. The Balaban J connectivity index is 3.65. The molecule has 5 nitrogen and oxygen atoms in total. The summed E-state index contributed by atoms with van der Waals surface area (Å²) in [6, 6.07) is -0.970. The molecule has 0 aliphatic heterocycles. The van der Waals surface area contributed by atoms with Crippen LogP contribution in [0, 0.1) is 0 Å². The quantitative estimate of drug-likeness (QED) is 0.493. The smallest absolute Gasteiger partial charge is 0.326 e. The molecule has 5 heteroatoms. The van der Waals surface area contributed by atoms with Crippen LogP contribution in [0.4, 0.5) is 0 Å². The van der Waals surface area contributed by atoms with Crippen molar-refractivity contribution in [1.82, 2.24) is 5.32 Å². The van der Waals surface area contributed by atoms with Gasteiger partial charge in [0.15, 0.2) is 0 Å². The van der Waals surface area contributed by atoms with Gasteiger partial charge in [-0.15, -0.1) is 0 Å². The van der Waals surface area contributed by atoms with E-state index >= 15 is 0 Å². The highest BCUT2D eigenvalue weighted by molar-refractivity contribution is 5.83. The van der Waals surface area contributed by atoms with E-state index in [9.17, 15) is 9.59 Å². The van der Waals surface area contributed by atoms with Gasteiger partial charge in [-0.1, -0.05) is 39.0 Å². The number of carbonyl (C=O) groups is 2. The maximum atomic E-state index is 11.5. The van der Waals surface area contributed by atoms with Gasteiger partial charge in [-0.05, 0) is 6.42 Å². The number of aliphatic hydroxyl groups is 1. The highest BCUT2D eigenvalue weighted by Crippen LogP contribution is 2.07. The molecule has 1 atom stereocenters. The molecule has 0 spiro atoms. The van der Waals surface area contributed by atoms with Crippen LogP contribution >= 0.6 is 0 Å². The molecule has 0 fully saturated rings. The molecule has 3 N–H and O–H groups in total. The fraction of sp³-hybridized carbons (Fsp3) is 0.846. The standard InChI is InChI=1S/C13H25NO4/c1-2-3-4-5-6-7-8-12(16)14-11(9-10-15)13(17)18/h11,15H,2-10H2,1H3,(H,14,16)(H,17,18). The number of hydrogen-bond acceptors (Lipinski definition) is 3. The number of nitrogens with one attached hydrogen (secondary N) is 1. The normalized spacial score (nSPS) is 12.1. The summed E-state index contributed by atoms with van der Waals surface area (Å²) in [6.45, 7) is 1.91. The Morgan fingerprint density at radius 1 is 1.11 bits per heavy atom. The summed E-state index contributed by atoms with van der Waals surface area (Å²) in [5.41, 5.74) is 0. The van der Waals surface area contributed by atoms with Gasteiger partial charge in [0, 0.05) is 19.4 Å². The van der Waals surface area contributed by atoms with Crippen molar-refractivity contribution in [2.75, 3.05) is 6.61 Å². The van der Waals surface area contributed by atoms with Crippen molar-refractivity contribution < 1.29 is 19.8 Å². The lowest BCUT2D eigenvalue weighted by Crippen LogP contribution is -2.41. The average molecular weight is 259 g/mol. The van der Waals surface area contributed by atoms with Crippen LogP contribution in [-0.4, -0.2) is 34.7 Å². The summed E-state index contributed by atoms with van der Waals surface area (Å²) in [6.07, 6.45) is 6.96. The summed E-state index contributed by atoms with van der Waals surface area (Å²) in [5.74, 6) is -1.34. The lowest BCUT2D eigenvalue weighted by atomic mass is 10.1. The predicted molar refractivity (Wildman–Crippen MR) is 69.3 cm³/mol. The third-order valence-corrected chi connectivity index (χ3v) is 2.81. The van der Waals surface area contributed by atoms with E-state index in [1.54, 1.807) is 0 Å². The van der Waals surface area contributed by atoms with Crippen molar-refractivity contribution in [3.05, 3.63) is 0 Å². The summed E-state index contributed by atoms with van der Waals surface area (Å²) < 4.78 is 0. The Bertz CT molecular complexity index is 243. The van der Waals surface area contributed by atoms with E-state index in [-0.39, 0.29) is 18.9 Å². The third-order valence-electron chi connectivity index (χ3n) is 2.81. The molecule has 0 saturated carbocycles. The van der Waals surface area contributed by atoms with E-state index in [2.05, 4.69) is 12.2 Å². The van der Waals surface area contributed by atoms with Gasteiger partial charge in [-0.25, -0.2) is 4.79 Å². The molecule has 0 aromatic carbocycles. The second-order valence-electron chi connectivity index (χ2n) is 4.49. The van der Waals surface area contributed by atoms with Crippen LogP contribution in [0.1, 0.15) is 58.3 Å². The van der Waals surface area contributed by atoms with Crippen molar-refractivity contribution in [1.29, 1.82) is 0 Å². The third kappa shape index (κ3) is 8.98. The topological polar surface area (TPSA) is 86.6 Å². The van der Waals surface area contributed by atoms with Gasteiger partial charge in [0.1, 0.15) is 6.04 Å². The van der Waals surface area contributed by atoms with Crippen LogP contribution < -0.4 is 5.32 Å². The van der Waals surface area contributed by atoms with Crippen molar-refractivity contribution in [3.8, 4) is 0 Å². The van der Waals surface area contributed by atoms with E-state index in [1.807, 2.05) is 0 Å². The van der Waals surface area contributed by atoms with E-state index < -0.39 is 12.0 Å². The van der Waals surface area contributed by atoms with E-state index in [1.165, 1.54) is 19.3 Å². The van der Waals surface area contributed by atoms with Crippen LogP contribution in [0.15, 0.2) is 0 Å². The first-order valence-corrected chi connectivity index (χ1v) is 6.74. The second-order valence-corrected chi connectivity index (χ2v) is 4.49. The zero-order valence-electron chi connectivity index (χ0n) is 11.2. The molecule has 0 aromatic heterocycles. The summed E-state index contributed by atoms with van der Waals surface area (Å²) >= 11 is 0. The van der Waals surface area contributed by atoms with Gasteiger partial charge in [0.05, 0.1) is 0 Å². The van der Waals surface area contributed by atoms with Crippen molar-refractivity contribution in [2.45, 2.75) is 64.3 Å². The minimum Gasteiger partial charge on any atom is -0.480 e. The fourth-order valence-corrected chi connectivity index (χ4v) is 1.72. The summed E-state index contributed by atoms with van der Waals surface area (Å²) in [7, 11) is 0. The molecule has 0 rings (SSSR count). The molecule has 1 amide bonds. The molecule has 0 aromatic rings. The Kier molecular flexibility index (Phi) is 10.3. The lowest BCUT2D eigenvalue weighted by molar-refractivity contribution is -0.142. The van der Waals surface area contributed by atoms with Gasteiger partial charge >= 0.3 is 5.97 Å². The van der Waals surface area contributed by atoms with Crippen molar-refractivity contribution in [3.63, 3.8) is 0 Å². The number of unbranched alkanes of at least 4 members (excludes halogenated alkanes) is 5. The highest BCUT2D eigenvalue weighted by atomic mass is 16.4. The molecular weight excluding hydrogens is 234 g/mol. The number of carboxylic acid groups (broad SMARTS) is 1. The van der Waals surface area contributed by atoms with Crippen LogP contribution in [0.2, 0.25) is 0 Å². The second kappa shape index (κ2) is 11.0. The fourth-order valence-electron chi connectivity index (χ4n) is 1.72. The minimum absolute atomic E-state index is 0.0531. The largest absolute Gasteiger partial charge is 0.480 e. The maximum absolute atomic E-state index is 11.5. The Hall–Kier alpha value is -1.10. The van der Waals surface area contributed by atoms with Gasteiger partial charge in [-0.3, -0.25) is 4.79 Å². The van der Waals surface area contributed by atoms with Gasteiger partial charge in [-0.2, -0.15) is 0 Å². The number of rotatable bonds is 11. The summed E-state index contributed by atoms with van der Waals surface area (Å²) in [4.78, 5) is 22.2. The van der Waals surface area contributed by atoms with Gasteiger partial charge < -0.3 is 15.5 Å². The van der Waals surface area contributed by atoms with Crippen molar-refractivity contribution in [2.24, 2.45) is 0 Å². The minimum atomic E-state index is -1.10. The first-order valence-electron chi connectivity index (χ1n) is 6.74. The molecule has 0 bridgehead atoms. The Morgan fingerprint density at radius 3 is 2.28 bits per heavy atom. The molecular formula is C13H25NO4. The van der Waals surface area contributed by atoms with Gasteiger partial charge in [0.2, 0.25) is 5.91 Å². The van der Waals surface area contributed by atoms with E-state index in [0.717, 1.165) is 19.3 Å². The van der Waals surface area contributed by atoms with E-state index in [4.69, 9.17) is 10.2 Å². The predicted octanol–water partition coefficient (Wildman–Crippen LogP) is 1.69. The molecule has 0 aliphatic rings. The lowest BCUT2D eigenvalue weighted by Gasteiger charge is -2.12. The summed E-state index contributed by atoms with van der Waals surface area (Å²) in [5, 5.41) is 19.9. The number of carboxylic acids is 1. The van der Waals surface area contributed by atoms with Crippen LogP contribution in [0.3, 0.4) is 0 Å². The molecule has 1 unspecified atom stereocenters. The molecule has 18 heavy (non-hydrogen) atoms. The van der Waals surface area contributed by atoms with Gasteiger partial charge in [0.25, 0.3) is 0 Å². The number of aliphatic hydroxyl groups excluding tert-OH is 1. The first-order chi connectivity index (χ1) is 8.61. The van der Waals surface area contributed by atoms with E-state index in [0.29, 0.717) is 6.42 Å². The Morgan fingerprint density at radius 2 is 1.72 bits per heavy atom. The van der Waals surface area contributed by atoms with Crippen LogP contribution in [-0.2, 0) is 9.59 Å². The maximum Gasteiger partial charge on any atom is 0.326 e. The number of carbonyl (C=O) groups excluding carboxylic acids is 1. The number of hydrogen-bond donors (Lipinski definition) is 3. The molecule has 0 heterocycles. The molecule has 0 aliphatic carbocycles. The number of aliphatic carboxylic acids is 1. The van der Waals surface area contributed by atoms with Crippen LogP contribution in [0.5, 0.6) is 0 Å². The van der Waals surface area contributed by atoms with Crippen LogP contribution in [0.25, 0.3) is 0 Å².